The summed E-state index contributed by atoms with van der Waals surface area (Å²) in [7, 11) is 0. The number of nitrogens with two attached hydrogens (primary N) is 1. The van der Waals surface area contributed by atoms with Gasteiger partial charge in [0, 0.05) is 23.2 Å². The summed E-state index contributed by atoms with van der Waals surface area (Å²) in [4.78, 5) is 8.87. The van der Waals surface area contributed by atoms with Crippen molar-refractivity contribution in [3.63, 3.8) is 0 Å². The van der Waals surface area contributed by atoms with Crippen molar-refractivity contribution < 1.29 is 0 Å². The fourth-order valence-electron chi connectivity index (χ4n) is 2.15. The van der Waals surface area contributed by atoms with Crippen LogP contribution in [0.3, 0.4) is 0 Å². The average Bonchev–Trinajstić information content (AvgIpc) is 2.44. The first-order valence-electron chi connectivity index (χ1n) is 7.26. The van der Waals surface area contributed by atoms with Crippen LogP contribution in [0.4, 0.5) is 0 Å². The van der Waals surface area contributed by atoms with E-state index in [-0.39, 0.29) is 6.04 Å². The molecule has 2 rings (SSSR count). The molecule has 0 amide bonds. The quantitative estimate of drug-likeness (QED) is 0.669. The normalized spacial score (nSPS) is 12.7. The van der Waals surface area contributed by atoms with Crippen molar-refractivity contribution in [2.24, 2.45) is 5.73 Å². The minimum atomic E-state index is 0.000584. The van der Waals surface area contributed by atoms with Gasteiger partial charge >= 0.3 is 0 Å². The molecule has 3 nitrogen and oxygen atoms in total. The van der Waals surface area contributed by atoms with E-state index in [0.717, 1.165) is 27.9 Å². The Morgan fingerprint density at radius 3 is 2.05 bits per heavy atom. The highest BCUT2D eigenvalue weighted by molar-refractivity contribution is 7.99. The largest absolute Gasteiger partial charge is 0.323 e. The van der Waals surface area contributed by atoms with E-state index in [2.05, 4.69) is 48.1 Å². The third kappa shape index (κ3) is 4.55. The van der Waals surface area contributed by atoms with Gasteiger partial charge in [-0.1, -0.05) is 49.9 Å². The van der Waals surface area contributed by atoms with Crippen LogP contribution in [0.5, 0.6) is 0 Å². The molecule has 1 aromatic carbocycles. The summed E-state index contributed by atoms with van der Waals surface area (Å²) in [6, 6.07) is 10.6. The third-order valence-electron chi connectivity index (χ3n) is 3.39. The summed E-state index contributed by atoms with van der Waals surface area (Å²) >= 11 is 1.61. The summed E-state index contributed by atoms with van der Waals surface area (Å²) in [6.07, 6.45) is 0. The lowest BCUT2D eigenvalue weighted by Gasteiger charge is -2.13. The molecule has 0 radical (unpaired) electrons. The predicted molar refractivity (Wildman–Crippen MR) is 89.7 cm³/mol. The number of aromatic nitrogens is 2. The zero-order valence-corrected chi connectivity index (χ0v) is 13.9. The van der Waals surface area contributed by atoms with E-state index >= 15 is 0 Å². The van der Waals surface area contributed by atoms with Gasteiger partial charge in [0.05, 0.1) is 0 Å². The highest BCUT2D eigenvalue weighted by Gasteiger charge is 2.09. The van der Waals surface area contributed by atoms with Crippen molar-refractivity contribution in [1.82, 2.24) is 9.97 Å². The maximum absolute atomic E-state index is 6.27. The standard InChI is InChI=1S/C17H23N3S/c1-11(2)14-5-7-15(8-6-14)16(18)10-21-17-19-12(3)9-13(4)20-17/h5-9,11,16H,10,18H2,1-4H3. The van der Waals surface area contributed by atoms with Gasteiger partial charge in [-0.15, -0.1) is 0 Å². The molecule has 2 aromatic rings. The zero-order valence-electron chi connectivity index (χ0n) is 13.1. The minimum Gasteiger partial charge on any atom is -0.323 e. The molecular formula is C17H23N3S. The Morgan fingerprint density at radius 1 is 1.00 bits per heavy atom. The number of rotatable bonds is 5. The summed E-state index contributed by atoms with van der Waals surface area (Å²) in [6.45, 7) is 8.37. The molecule has 112 valence electrons. The molecule has 0 saturated heterocycles. The van der Waals surface area contributed by atoms with Gasteiger partial charge in [0.2, 0.25) is 0 Å². The van der Waals surface area contributed by atoms with Crippen LogP contribution in [-0.2, 0) is 0 Å². The van der Waals surface area contributed by atoms with E-state index in [1.807, 2.05) is 19.9 Å². The van der Waals surface area contributed by atoms with E-state index in [1.54, 1.807) is 11.8 Å². The first-order valence-corrected chi connectivity index (χ1v) is 8.25. The number of nitrogens with zero attached hydrogens (tertiary/aromatic N) is 2. The van der Waals surface area contributed by atoms with Crippen LogP contribution in [0.15, 0.2) is 35.5 Å². The molecule has 4 heteroatoms. The summed E-state index contributed by atoms with van der Waals surface area (Å²) in [5.41, 5.74) is 10.8. The van der Waals surface area contributed by atoms with Crippen molar-refractivity contribution in [2.75, 3.05) is 5.75 Å². The second-order valence-corrected chi connectivity index (χ2v) is 6.66. The molecular weight excluding hydrogens is 278 g/mol. The fraction of sp³-hybridized carbons (Fsp3) is 0.412. The third-order valence-corrected chi connectivity index (χ3v) is 4.35. The highest BCUT2D eigenvalue weighted by Crippen LogP contribution is 2.23. The second-order valence-electron chi connectivity index (χ2n) is 5.67. The smallest absolute Gasteiger partial charge is 0.188 e. The van der Waals surface area contributed by atoms with Crippen molar-refractivity contribution >= 4 is 11.8 Å². The number of thioether (sulfide) groups is 1. The van der Waals surface area contributed by atoms with Gasteiger partial charge in [0.15, 0.2) is 5.16 Å². The molecule has 21 heavy (non-hydrogen) atoms. The van der Waals surface area contributed by atoms with Gasteiger partial charge in [0.1, 0.15) is 0 Å². The SMILES string of the molecule is Cc1cc(C)nc(SCC(N)c2ccc(C(C)C)cc2)n1. The van der Waals surface area contributed by atoms with Crippen LogP contribution in [-0.4, -0.2) is 15.7 Å². The van der Waals surface area contributed by atoms with Crippen LogP contribution in [0.1, 0.15) is 48.3 Å². The monoisotopic (exact) mass is 301 g/mol. The molecule has 1 atom stereocenters. The van der Waals surface area contributed by atoms with Crippen LogP contribution in [0.25, 0.3) is 0 Å². The molecule has 1 unspecified atom stereocenters. The highest BCUT2D eigenvalue weighted by atomic mass is 32.2. The molecule has 0 bridgehead atoms. The average molecular weight is 301 g/mol. The molecule has 0 fully saturated rings. The Bertz CT molecular complexity index is 573. The minimum absolute atomic E-state index is 0.000584. The van der Waals surface area contributed by atoms with Gasteiger partial charge in [-0.05, 0) is 37.0 Å². The number of hydrogen-bond donors (Lipinski definition) is 1. The Labute approximate surface area is 131 Å². The predicted octanol–water partition coefficient (Wildman–Crippen LogP) is 4.01. The molecule has 2 N–H and O–H groups in total. The van der Waals surface area contributed by atoms with E-state index in [9.17, 15) is 0 Å². The molecule has 1 aromatic heterocycles. The van der Waals surface area contributed by atoms with Gasteiger partial charge < -0.3 is 5.73 Å². The van der Waals surface area contributed by atoms with Crippen LogP contribution >= 0.6 is 11.8 Å². The van der Waals surface area contributed by atoms with E-state index < -0.39 is 0 Å². The molecule has 0 aliphatic rings. The maximum Gasteiger partial charge on any atom is 0.188 e. The Balaban J connectivity index is 1.99. The lowest BCUT2D eigenvalue weighted by molar-refractivity contribution is 0.816. The number of hydrogen-bond acceptors (Lipinski definition) is 4. The Morgan fingerprint density at radius 2 is 1.52 bits per heavy atom. The van der Waals surface area contributed by atoms with E-state index in [0.29, 0.717) is 5.92 Å². The molecule has 0 spiro atoms. The second kappa shape index (κ2) is 7.05. The number of benzene rings is 1. The molecule has 0 saturated carbocycles. The summed E-state index contributed by atoms with van der Waals surface area (Å²) in [5.74, 6) is 1.33. The van der Waals surface area contributed by atoms with Crippen LogP contribution in [0, 0.1) is 13.8 Å². The first-order chi connectivity index (χ1) is 9.95. The van der Waals surface area contributed by atoms with E-state index in [4.69, 9.17) is 5.73 Å². The Kier molecular flexibility index (Phi) is 5.37. The molecule has 1 heterocycles. The maximum atomic E-state index is 6.27. The van der Waals surface area contributed by atoms with Crippen LogP contribution in [0.2, 0.25) is 0 Å². The van der Waals surface area contributed by atoms with Gasteiger partial charge in [-0.2, -0.15) is 0 Å². The summed E-state index contributed by atoms with van der Waals surface area (Å²) in [5, 5.41) is 0.807. The molecule has 0 aliphatic carbocycles. The van der Waals surface area contributed by atoms with Gasteiger partial charge in [0.25, 0.3) is 0 Å². The number of aryl methyl sites for hydroxylation is 2. The van der Waals surface area contributed by atoms with Crippen molar-refractivity contribution in [3.8, 4) is 0 Å². The van der Waals surface area contributed by atoms with Crippen LogP contribution < -0.4 is 5.73 Å². The van der Waals surface area contributed by atoms with Gasteiger partial charge in [-0.3, -0.25) is 0 Å². The van der Waals surface area contributed by atoms with E-state index in [1.165, 1.54) is 5.56 Å². The molecule has 0 aliphatic heterocycles. The van der Waals surface area contributed by atoms with Crippen molar-refractivity contribution in [1.29, 1.82) is 0 Å². The fourth-order valence-corrected chi connectivity index (χ4v) is 3.08. The van der Waals surface area contributed by atoms with Crippen molar-refractivity contribution in [3.05, 3.63) is 52.8 Å². The summed E-state index contributed by atoms with van der Waals surface area (Å²) < 4.78 is 0. The van der Waals surface area contributed by atoms with Crippen molar-refractivity contribution in [2.45, 2.75) is 44.8 Å². The van der Waals surface area contributed by atoms with Gasteiger partial charge in [-0.25, -0.2) is 9.97 Å². The topological polar surface area (TPSA) is 51.8 Å². The first kappa shape index (κ1) is 16.0. The lowest BCUT2D eigenvalue weighted by atomic mass is 10.00. The zero-order chi connectivity index (χ0) is 15.4. The lowest BCUT2D eigenvalue weighted by Crippen LogP contribution is -2.13. The Hall–Kier alpha value is -1.39.